The Kier molecular flexibility index (Phi) is 8.43. The van der Waals surface area contributed by atoms with E-state index in [4.69, 9.17) is 14.2 Å². The van der Waals surface area contributed by atoms with Crippen molar-refractivity contribution in [1.82, 2.24) is 5.32 Å². The van der Waals surface area contributed by atoms with Gasteiger partial charge in [-0.25, -0.2) is 4.79 Å². The molecule has 7 nitrogen and oxygen atoms in total. The molecule has 1 aliphatic rings. The summed E-state index contributed by atoms with van der Waals surface area (Å²) < 4.78 is 15.4. The van der Waals surface area contributed by atoms with Crippen molar-refractivity contribution in [2.24, 2.45) is 11.8 Å². The molecule has 166 valence electrons. The lowest BCUT2D eigenvalue weighted by Crippen LogP contribution is -2.38. The number of esters is 3. The van der Waals surface area contributed by atoms with Crippen molar-refractivity contribution in [3.8, 4) is 0 Å². The van der Waals surface area contributed by atoms with Gasteiger partial charge in [0.1, 0.15) is 11.6 Å². The molecular weight excluding hydrogens is 454 g/mol. The summed E-state index contributed by atoms with van der Waals surface area (Å²) in [5.41, 5.74) is 0.543. The zero-order valence-corrected chi connectivity index (χ0v) is 19.7. The number of methoxy groups -OCH3 is 2. The third-order valence-corrected chi connectivity index (χ3v) is 5.66. The van der Waals surface area contributed by atoms with Crippen LogP contribution in [0.2, 0.25) is 0 Å². The van der Waals surface area contributed by atoms with E-state index in [1.54, 1.807) is 24.3 Å². The molecule has 1 heterocycles. The number of nitrogens with one attached hydrogen (secondary N) is 1. The van der Waals surface area contributed by atoms with E-state index < -0.39 is 35.5 Å². The van der Waals surface area contributed by atoms with Crippen LogP contribution in [-0.4, -0.2) is 49.1 Å². The quantitative estimate of drug-likeness (QED) is 0.360. The van der Waals surface area contributed by atoms with Crippen LogP contribution in [0.15, 0.2) is 24.3 Å². The van der Waals surface area contributed by atoms with E-state index in [-0.39, 0.29) is 11.9 Å². The zero-order chi connectivity index (χ0) is 22.5. The summed E-state index contributed by atoms with van der Waals surface area (Å²) in [5.74, 6) is -2.06. The minimum absolute atomic E-state index is 0.282. The molecular formula is C22H30BrNO6. The van der Waals surface area contributed by atoms with Crippen LogP contribution in [0.5, 0.6) is 0 Å². The lowest BCUT2D eigenvalue weighted by molar-refractivity contribution is -0.162. The molecule has 1 aliphatic heterocycles. The summed E-state index contributed by atoms with van der Waals surface area (Å²) in [6, 6.07) is 5.75. The average Bonchev–Trinajstić information content (AvgIpc) is 3.09. The number of alkyl halides is 1. The minimum atomic E-state index is -0.653. The Balaban J connectivity index is 2.44. The summed E-state index contributed by atoms with van der Waals surface area (Å²) in [5, 5.41) is 4.05. The highest BCUT2D eigenvalue weighted by Crippen LogP contribution is 2.41. The molecule has 4 atom stereocenters. The number of benzene rings is 1. The number of hydrogen-bond donors (Lipinski definition) is 1. The van der Waals surface area contributed by atoms with Gasteiger partial charge in [0.25, 0.3) is 0 Å². The Labute approximate surface area is 186 Å². The standard InChI is InChI=1S/C22H30BrNO6/c1-22(2,3)30-20(26)16-15(7-6-12-23)18(21(27)29-5)24-17(16)13-8-10-14(11-9-13)19(25)28-4/h8-11,15-18,24H,6-7,12H2,1-5H3/t15-,16-,17+,18+/m0/s1. The van der Waals surface area contributed by atoms with Gasteiger partial charge in [0.2, 0.25) is 0 Å². The Hall–Kier alpha value is -1.93. The lowest BCUT2D eigenvalue weighted by atomic mass is 9.81. The first-order valence-corrected chi connectivity index (χ1v) is 11.1. The zero-order valence-electron chi connectivity index (χ0n) is 18.1. The van der Waals surface area contributed by atoms with Crippen molar-refractivity contribution >= 4 is 33.8 Å². The van der Waals surface area contributed by atoms with Gasteiger partial charge in [0, 0.05) is 17.3 Å². The van der Waals surface area contributed by atoms with Gasteiger partial charge in [-0.05, 0) is 51.3 Å². The van der Waals surface area contributed by atoms with Crippen molar-refractivity contribution in [1.29, 1.82) is 0 Å². The summed E-state index contributed by atoms with van der Waals surface area (Å²) in [4.78, 5) is 37.4. The van der Waals surface area contributed by atoms with E-state index >= 15 is 0 Å². The molecule has 1 aromatic carbocycles. The molecule has 1 N–H and O–H groups in total. The topological polar surface area (TPSA) is 90.9 Å². The number of ether oxygens (including phenoxy) is 3. The van der Waals surface area contributed by atoms with Crippen molar-refractivity contribution < 1.29 is 28.6 Å². The van der Waals surface area contributed by atoms with Gasteiger partial charge in [-0.2, -0.15) is 0 Å². The monoisotopic (exact) mass is 483 g/mol. The van der Waals surface area contributed by atoms with Crippen LogP contribution in [0, 0.1) is 11.8 Å². The molecule has 0 unspecified atom stereocenters. The highest BCUT2D eigenvalue weighted by Gasteiger charge is 2.51. The van der Waals surface area contributed by atoms with E-state index in [2.05, 4.69) is 21.2 Å². The molecule has 1 fully saturated rings. The minimum Gasteiger partial charge on any atom is -0.468 e. The van der Waals surface area contributed by atoms with Gasteiger partial charge < -0.3 is 14.2 Å². The number of rotatable bonds is 7. The van der Waals surface area contributed by atoms with Crippen LogP contribution >= 0.6 is 15.9 Å². The second-order valence-electron chi connectivity index (χ2n) is 8.31. The largest absolute Gasteiger partial charge is 0.468 e. The predicted molar refractivity (Wildman–Crippen MR) is 115 cm³/mol. The highest BCUT2D eigenvalue weighted by atomic mass is 79.9. The normalized spacial score (nSPS) is 23.7. The number of hydrogen-bond acceptors (Lipinski definition) is 7. The Morgan fingerprint density at radius 1 is 1.03 bits per heavy atom. The fraction of sp³-hybridized carbons (Fsp3) is 0.591. The van der Waals surface area contributed by atoms with Crippen LogP contribution in [0.3, 0.4) is 0 Å². The molecule has 1 aromatic rings. The number of halogens is 1. The van der Waals surface area contributed by atoms with Gasteiger partial charge in [-0.1, -0.05) is 28.1 Å². The van der Waals surface area contributed by atoms with Gasteiger partial charge >= 0.3 is 17.9 Å². The van der Waals surface area contributed by atoms with Crippen molar-refractivity contribution in [2.45, 2.75) is 51.3 Å². The number of carbonyl (C=O) groups excluding carboxylic acids is 3. The Bertz CT molecular complexity index is 758. The van der Waals surface area contributed by atoms with Crippen molar-refractivity contribution in [3.63, 3.8) is 0 Å². The third-order valence-electron chi connectivity index (χ3n) is 5.10. The second-order valence-corrected chi connectivity index (χ2v) is 9.11. The van der Waals surface area contributed by atoms with E-state index in [9.17, 15) is 14.4 Å². The fourth-order valence-electron chi connectivity index (χ4n) is 3.83. The highest BCUT2D eigenvalue weighted by molar-refractivity contribution is 9.09. The maximum atomic E-state index is 13.2. The molecule has 2 rings (SSSR count). The maximum Gasteiger partial charge on any atom is 0.337 e. The molecule has 0 saturated carbocycles. The second kappa shape index (κ2) is 10.4. The molecule has 1 saturated heterocycles. The first-order chi connectivity index (χ1) is 14.1. The molecule has 8 heteroatoms. The molecule has 0 aliphatic carbocycles. The molecule has 0 spiro atoms. The van der Waals surface area contributed by atoms with Crippen molar-refractivity contribution in [3.05, 3.63) is 35.4 Å². The first kappa shape index (κ1) is 24.3. The van der Waals surface area contributed by atoms with E-state index in [1.165, 1.54) is 14.2 Å². The van der Waals surface area contributed by atoms with Crippen molar-refractivity contribution in [2.75, 3.05) is 19.5 Å². The summed E-state index contributed by atoms with van der Waals surface area (Å²) in [7, 11) is 2.66. The van der Waals surface area contributed by atoms with E-state index in [0.29, 0.717) is 12.0 Å². The summed E-state index contributed by atoms with van der Waals surface area (Å²) >= 11 is 3.43. The smallest absolute Gasteiger partial charge is 0.337 e. The average molecular weight is 484 g/mol. The van der Waals surface area contributed by atoms with Crippen LogP contribution in [0.25, 0.3) is 0 Å². The molecule has 0 aromatic heterocycles. The van der Waals surface area contributed by atoms with Gasteiger partial charge in [0.05, 0.1) is 25.7 Å². The molecule has 30 heavy (non-hydrogen) atoms. The van der Waals surface area contributed by atoms with E-state index in [1.807, 2.05) is 20.8 Å². The summed E-state index contributed by atoms with van der Waals surface area (Å²) in [6.07, 6.45) is 1.45. The van der Waals surface area contributed by atoms with Crippen LogP contribution in [0.1, 0.15) is 55.6 Å². The lowest BCUT2D eigenvalue weighted by Gasteiger charge is -2.28. The first-order valence-electron chi connectivity index (χ1n) is 9.94. The van der Waals surface area contributed by atoms with Crippen LogP contribution in [-0.2, 0) is 23.8 Å². The molecule has 0 amide bonds. The SMILES string of the molecule is COC(=O)c1ccc([C@H]2N[C@@H](C(=O)OC)[C@@H](CCCBr)[C@@H]2C(=O)OC(C)(C)C)cc1. The van der Waals surface area contributed by atoms with Gasteiger partial charge in [0.15, 0.2) is 0 Å². The summed E-state index contributed by atoms with van der Waals surface area (Å²) in [6.45, 7) is 5.45. The molecule has 0 radical (unpaired) electrons. The number of carbonyl (C=O) groups is 3. The molecule has 0 bridgehead atoms. The van der Waals surface area contributed by atoms with Crippen LogP contribution in [0.4, 0.5) is 0 Å². The third kappa shape index (κ3) is 5.82. The van der Waals surface area contributed by atoms with E-state index in [0.717, 1.165) is 17.3 Å². The van der Waals surface area contributed by atoms with Gasteiger partial charge in [-0.3, -0.25) is 14.9 Å². The van der Waals surface area contributed by atoms with Gasteiger partial charge in [-0.15, -0.1) is 0 Å². The van der Waals surface area contributed by atoms with Crippen LogP contribution < -0.4 is 5.32 Å². The maximum absolute atomic E-state index is 13.2. The fourth-order valence-corrected chi connectivity index (χ4v) is 4.16. The predicted octanol–water partition coefficient (Wildman–Crippen LogP) is 3.41. The Morgan fingerprint density at radius 3 is 2.17 bits per heavy atom. The Morgan fingerprint density at radius 2 is 1.67 bits per heavy atom.